The van der Waals surface area contributed by atoms with Crippen molar-refractivity contribution in [3.63, 3.8) is 0 Å². The summed E-state index contributed by atoms with van der Waals surface area (Å²) < 4.78 is 1.88. The molecule has 2 rings (SSSR count). The van der Waals surface area contributed by atoms with Crippen molar-refractivity contribution >= 4 is 23.2 Å². The van der Waals surface area contributed by atoms with Gasteiger partial charge in [-0.05, 0) is 17.7 Å². The highest BCUT2D eigenvalue weighted by molar-refractivity contribution is 6.42. The number of aryl methyl sites for hydroxylation is 1. The van der Waals surface area contributed by atoms with Gasteiger partial charge in [-0.2, -0.15) is 0 Å². The number of benzene rings is 1. The molecule has 0 aliphatic carbocycles. The highest BCUT2D eigenvalue weighted by Gasteiger charge is 2.01. The van der Waals surface area contributed by atoms with Crippen molar-refractivity contribution in [1.82, 2.24) is 20.1 Å². The Bertz CT molecular complexity index is 510. The van der Waals surface area contributed by atoms with Crippen molar-refractivity contribution in [2.24, 2.45) is 7.05 Å². The Hall–Kier alpha value is -1.10. The van der Waals surface area contributed by atoms with Crippen molar-refractivity contribution in [3.8, 4) is 0 Å². The van der Waals surface area contributed by atoms with E-state index in [4.69, 9.17) is 23.2 Å². The largest absolute Gasteiger partial charge is 0.320 e. The van der Waals surface area contributed by atoms with Gasteiger partial charge in [-0.1, -0.05) is 29.3 Å². The van der Waals surface area contributed by atoms with E-state index in [1.807, 2.05) is 23.7 Å². The number of halogens is 2. The summed E-state index contributed by atoms with van der Waals surface area (Å²) in [6.07, 6.45) is 1.68. The highest BCUT2D eigenvalue weighted by Crippen LogP contribution is 2.22. The van der Waals surface area contributed by atoms with Gasteiger partial charge in [-0.15, -0.1) is 10.2 Å². The van der Waals surface area contributed by atoms with Crippen LogP contribution in [0.4, 0.5) is 0 Å². The van der Waals surface area contributed by atoms with E-state index in [0.29, 0.717) is 23.1 Å². The maximum absolute atomic E-state index is 5.93. The summed E-state index contributed by atoms with van der Waals surface area (Å²) in [6.45, 7) is 1.38. The van der Waals surface area contributed by atoms with Crippen LogP contribution in [0.3, 0.4) is 0 Å². The third kappa shape index (κ3) is 3.19. The van der Waals surface area contributed by atoms with Crippen LogP contribution in [0.25, 0.3) is 0 Å². The van der Waals surface area contributed by atoms with E-state index in [2.05, 4.69) is 15.5 Å². The molecule has 4 nitrogen and oxygen atoms in total. The average Bonchev–Trinajstić information content (AvgIpc) is 2.70. The number of hydrogen-bond donors (Lipinski definition) is 1. The fourth-order valence-electron chi connectivity index (χ4n) is 1.44. The Kier molecular flexibility index (Phi) is 3.99. The lowest BCUT2D eigenvalue weighted by Gasteiger charge is -2.05. The third-order valence-electron chi connectivity index (χ3n) is 2.40. The van der Waals surface area contributed by atoms with Gasteiger partial charge in [-0.3, -0.25) is 0 Å². The summed E-state index contributed by atoms with van der Waals surface area (Å²) in [5, 5.41) is 12.2. The van der Waals surface area contributed by atoms with Crippen LogP contribution in [0.1, 0.15) is 11.4 Å². The predicted octanol–water partition coefficient (Wildman–Crippen LogP) is 2.41. The molecule has 1 N–H and O–H groups in total. The fraction of sp³-hybridized carbons (Fsp3) is 0.273. The van der Waals surface area contributed by atoms with E-state index in [1.54, 1.807) is 12.4 Å². The van der Waals surface area contributed by atoms with Gasteiger partial charge in [-0.25, -0.2) is 0 Å². The quantitative estimate of drug-likeness (QED) is 0.928. The molecule has 90 valence electrons. The summed E-state index contributed by atoms with van der Waals surface area (Å²) in [5.41, 5.74) is 1.08. The van der Waals surface area contributed by atoms with Gasteiger partial charge in [0.05, 0.1) is 16.6 Å². The lowest BCUT2D eigenvalue weighted by Crippen LogP contribution is -2.15. The average molecular weight is 271 g/mol. The van der Waals surface area contributed by atoms with Crippen molar-refractivity contribution in [1.29, 1.82) is 0 Å². The molecule has 2 aromatic rings. The Labute approximate surface area is 110 Å². The van der Waals surface area contributed by atoms with E-state index in [9.17, 15) is 0 Å². The molecule has 0 saturated heterocycles. The number of nitrogens with zero attached hydrogens (tertiary/aromatic N) is 3. The molecule has 0 fully saturated rings. The molecule has 0 spiro atoms. The van der Waals surface area contributed by atoms with Crippen molar-refractivity contribution in [2.75, 3.05) is 0 Å². The second-order valence-corrected chi connectivity index (χ2v) is 4.52. The molecule has 0 aliphatic rings. The van der Waals surface area contributed by atoms with Crippen LogP contribution in [0.5, 0.6) is 0 Å². The molecule has 0 atom stereocenters. The van der Waals surface area contributed by atoms with E-state index in [1.165, 1.54) is 0 Å². The number of aromatic nitrogens is 3. The molecule has 0 bridgehead atoms. The van der Waals surface area contributed by atoms with Crippen LogP contribution >= 0.6 is 23.2 Å². The summed E-state index contributed by atoms with van der Waals surface area (Å²) in [4.78, 5) is 0. The molecule has 6 heteroatoms. The van der Waals surface area contributed by atoms with Crippen LogP contribution in [0.15, 0.2) is 24.5 Å². The minimum absolute atomic E-state index is 0.573. The number of hydrogen-bond acceptors (Lipinski definition) is 3. The van der Waals surface area contributed by atoms with E-state index in [-0.39, 0.29) is 0 Å². The summed E-state index contributed by atoms with van der Waals surface area (Å²) in [6, 6.07) is 5.59. The predicted molar refractivity (Wildman–Crippen MR) is 68.0 cm³/mol. The van der Waals surface area contributed by atoms with E-state index >= 15 is 0 Å². The van der Waals surface area contributed by atoms with Gasteiger partial charge in [0.2, 0.25) is 0 Å². The Morgan fingerprint density at radius 2 is 2.06 bits per heavy atom. The molecule has 1 heterocycles. The minimum Gasteiger partial charge on any atom is -0.320 e. The second-order valence-electron chi connectivity index (χ2n) is 3.71. The van der Waals surface area contributed by atoms with Gasteiger partial charge < -0.3 is 9.88 Å². The van der Waals surface area contributed by atoms with E-state index < -0.39 is 0 Å². The molecule has 0 unspecified atom stereocenters. The molecular formula is C11H12Cl2N4. The zero-order valence-electron chi connectivity index (χ0n) is 9.32. The Balaban J connectivity index is 1.90. The van der Waals surface area contributed by atoms with Crippen molar-refractivity contribution < 1.29 is 0 Å². The molecular weight excluding hydrogens is 259 g/mol. The molecule has 17 heavy (non-hydrogen) atoms. The maximum Gasteiger partial charge on any atom is 0.146 e. The Morgan fingerprint density at radius 3 is 2.71 bits per heavy atom. The maximum atomic E-state index is 5.93. The van der Waals surface area contributed by atoms with Gasteiger partial charge in [0, 0.05) is 13.6 Å². The van der Waals surface area contributed by atoms with Crippen LogP contribution in [-0.4, -0.2) is 14.8 Å². The van der Waals surface area contributed by atoms with Gasteiger partial charge in [0.15, 0.2) is 0 Å². The molecule has 0 aliphatic heterocycles. The molecule has 1 aromatic carbocycles. The van der Waals surface area contributed by atoms with E-state index in [0.717, 1.165) is 11.4 Å². The summed E-state index contributed by atoms with van der Waals surface area (Å²) in [5.74, 6) is 0.894. The van der Waals surface area contributed by atoms with Crippen LogP contribution in [0.2, 0.25) is 10.0 Å². The minimum atomic E-state index is 0.573. The highest BCUT2D eigenvalue weighted by atomic mass is 35.5. The van der Waals surface area contributed by atoms with Crippen molar-refractivity contribution in [2.45, 2.75) is 13.1 Å². The summed E-state index contributed by atoms with van der Waals surface area (Å²) >= 11 is 11.8. The SMILES string of the molecule is Cn1cnnc1CNCc1ccc(Cl)c(Cl)c1. The first kappa shape index (κ1) is 12.4. The fourth-order valence-corrected chi connectivity index (χ4v) is 1.76. The van der Waals surface area contributed by atoms with Gasteiger partial charge in [0.1, 0.15) is 12.2 Å². The number of rotatable bonds is 4. The molecule has 1 aromatic heterocycles. The zero-order valence-corrected chi connectivity index (χ0v) is 10.8. The first-order valence-corrected chi connectivity index (χ1v) is 5.90. The lowest BCUT2D eigenvalue weighted by atomic mass is 10.2. The molecule has 0 radical (unpaired) electrons. The van der Waals surface area contributed by atoms with Crippen LogP contribution < -0.4 is 5.32 Å². The normalized spacial score (nSPS) is 10.8. The lowest BCUT2D eigenvalue weighted by molar-refractivity contribution is 0.637. The number of nitrogens with one attached hydrogen (secondary N) is 1. The molecule has 0 saturated carbocycles. The topological polar surface area (TPSA) is 42.7 Å². The first-order chi connectivity index (χ1) is 8.16. The smallest absolute Gasteiger partial charge is 0.146 e. The first-order valence-electron chi connectivity index (χ1n) is 5.14. The van der Waals surface area contributed by atoms with Gasteiger partial charge in [0.25, 0.3) is 0 Å². The second kappa shape index (κ2) is 5.49. The third-order valence-corrected chi connectivity index (χ3v) is 3.14. The standard InChI is InChI=1S/C11H12Cl2N4/c1-17-7-15-16-11(17)6-14-5-8-2-3-9(12)10(13)4-8/h2-4,7,14H,5-6H2,1H3. The molecule has 0 amide bonds. The monoisotopic (exact) mass is 270 g/mol. The Morgan fingerprint density at radius 1 is 1.24 bits per heavy atom. The zero-order chi connectivity index (χ0) is 12.3. The summed E-state index contributed by atoms with van der Waals surface area (Å²) in [7, 11) is 1.91. The van der Waals surface area contributed by atoms with Crippen LogP contribution in [0, 0.1) is 0 Å². The van der Waals surface area contributed by atoms with Gasteiger partial charge >= 0.3 is 0 Å². The van der Waals surface area contributed by atoms with Crippen molar-refractivity contribution in [3.05, 3.63) is 46.0 Å². The van der Waals surface area contributed by atoms with Crippen LogP contribution in [-0.2, 0) is 20.1 Å².